The van der Waals surface area contributed by atoms with Crippen LogP contribution >= 0.6 is 0 Å². The van der Waals surface area contributed by atoms with Crippen LogP contribution in [0.1, 0.15) is 198 Å². The van der Waals surface area contributed by atoms with E-state index in [1.165, 1.54) is 57.2 Å². The van der Waals surface area contributed by atoms with Crippen molar-refractivity contribution in [1.82, 2.24) is 63.5 Å². The molecule has 5 amide bonds. The molecule has 476 valence electrons. The minimum Gasteiger partial charge on any atom is -0.478 e. The Morgan fingerprint density at radius 1 is 0.506 bits per heavy atom. The number of hydrogen-bond acceptors (Lipinski definition) is 16. The molecule has 6 aromatic heterocycles. The van der Waals surface area contributed by atoms with Gasteiger partial charge in [0.05, 0.1) is 23.2 Å². The second-order valence-corrected chi connectivity index (χ2v) is 27.0. The van der Waals surface area contributed by atoms with Crippen LogP contribution in [0.2, 0.25) is 0 Å². The highest BCUT2D eigenvalue weighted by Crippen LogP contribution is 2.39. The minimum atomic E-state index is -1.03. The van der Waals surface area contributed by atoms with E-state index in [9.17, 15) is 28.8 Å². The van der Waals surface area contributed by atoms with E-state index in [1.807, 2.05) is 63.5 Å². The molecule has 3 aliphatic heterocycles. The van der Waals surface area contributed by atoms with Crippen LogP contribution in [0.25, 0.3) is 22.1 Å². The number of likely N-dealkylation sites (tertiary alicyclic amines) is 3. The van der Waals surface area contributed by atoms with Gasteiger partial charge in [0.15, 0.2) is 0 Å². The van der Waals surface area contributed by atoms with Gasteiger partial charge in [-0.2, -0.15) is 9.97 Å². The summed E-state index contributed by atoms with van der Waals surface area (Å²) in [5.74, 6) is 1.19. The fourth-order valence-corrected chi connectivity index (χ4v) is 13.2. The van der Waals surface area contributed by atoms with Crippen molar-refractivity contribution in [1.29, 1.82) is 0 Å². The summed E-state index contributed by atoms with van der Waals surface area (Å²) in [6.07, 6.45) is 23.7. The molecule has 0 aromatic carbocycles. The van der Waals surface area contributed by atoms with Crippen LogP contribution in [-0.4, -0.2) is 182 Å². The fourth-order valence-electron chi connectivity index (χ4n) is 13.2. The van der Waals surface area contributed by atoms with E-state index < -0.39 is 11.6 Å². The Hall–Kier alpha value is -8.44. The number of nitrogens with zero attached hydrogens (tertiary/aromatic N) is 13. The van der Waals surface area contributed by atoms with Crippen LogP contribution in [0.5, 0.6) is 0 Å². The molecule has 3 N–H and O–H groups in total. The van der Waals surface area contributed by atoms with Crippen molar-refractivity contribution < 1.29 is 43.3 Å². The standard InChI is InChI=1S/C32H42N8O4.C22H26N6O3.C11H19NO2/c1-32(2,3)44-31(43)39-19-23-15-24(39)18-38(23)28(41)20-12-13-26(33-16-20)35-30-34-17-21-14-25(29(42)37(4)5)40(27(21)36-30)22-10-8-6-7-9-11-22;1-27(2)20(29)17-11-15-13-24-22(25-18-10-9-14(12-23-18)21(30)31)26-19(15)28(17)16-7-5-3-4-6-8-16;1-11(2,3)14-10(13)12-7-8-4-5-9(12)6-8/h12-14,16-17,22-24H,6-11,15,18-19H2,1-5H3,(H,33,34,35,36);9-13,16H,3-8H2,1-2H3,(H,30,31)(H,23,24,25,26);8-9H,4-7H2,1-3H3. The van der Waals surface area contributed by atoms with E-state index in [-0.39, 0.29) is 65.2 Å². The number of carboxylic acids is 1. The number of carboxylic acid groups (broad SMARTS) is 1. The highest BCUT2D eigenvalue weighted by molar-refractivity contribution is 5.99. The summed E-state index contributed by atoms with van der Waals surface area (Å²) in [6, 6.07) is 11.1. The molecule has 89 heavy (non-hydrogen) atoms. The number of fused-ring (bicyclic) bond motifs is 6. The van der Waals surface area contributed by atoms with Gasteiger partial charge in [0.2, 0.25) is 11.9 Å². The number of nitrogens with one attached hydrogen (secondary N) is 2. The summed E-state index contributed by atoms with van der Waals surface area (Å²) in [5.41, 5.74) is 2.39. The highest BCUT2D eigenvalue weighted by Gasteiger charge is 2.48. The van der Waals surface area contributed by atoms with Crippen molar-refractivity contribution >= 4 is 81.5 Å². The van der Waals surface area contributed by atoms with Crippen molar-refractivity contribution in [3.63, 3.8) is 0 Å². The van der Waals surface area contributed by atoms with Crippen LogP contribution in [0.3, 0.4) is 0 Å². The van der Waals surface area contributed by atoms with Crippen molar-refractivity contribution in [2.24, 2.45) is 5.92 Å². The second kappa shape index (κ2) is 26.7. The van der Waals surface area contributed by atoms with E-state index in [1.54, 1.807) is 79.7 Å². The third-order valence-corrected chi connectivity index (χ3v) is 17.4. The normalized spacial score (nSPS) is 20.2. The molecule has 6 fully saturated rings. The van der Waals surface area contributed by atoms with Crippen molar-refractivity contribution in [2.45, 2.75) is 186 Å². The molecule has 6 aliphatic rings. The first-order valence-corrected chi connectivity index (χ1v) is 31.6. The molecule has 9 heterocycles. The van der Waals surface area contributed by atoms with E-state index in [0.717, 1.165) is 92.3 Å². The zero-order valence-electron chi connectivity index (χ0n) is 53.2. The smallest absolute Gasteiger partial charge is 0.410 e. The molecule has 0 spiro atoms. The van der Waals surface area contributed by atoms with Crippen LogP contribution in [0.4, 0.5) is 33.1 Å². The Kier molecular flexibility index (Phi) is 19.1. The summed E-state index contributed by atoms with van der Waals surface area (Å²) in [5, 5.41) is 16.9. The Balaban J connectivity index is 0.000000167. The Morgan fingerprint density at radius 2 is 0.944 bits per heavy atom. The molecule has 12 rings (SSSR count). The SMILES string of the molecule is CC(C)(C)OC(=O)N1CC2CCC1C2.CN(C)C(=O)c1cc2cnc(Nc3ccc(C(=O)N4CC5CC4CN5C(=O)OC(C)(C)C)cn3)nc2n1C1CCCCCC1.CN(C)C(=O)c1cc2cnc(Nc3ccc(C(=O)O)cn3)nc2n1C1CCCCCC1. The molecule has 4 bridgehead atoms. The monoisotopic (exact) mass is 1220 g/mol. The quantitative estimate of drug-likeness (QED) is 0.108. The summed E-state index contributed by atoms with van der Waals surface area (Å²) >= 11 is 0. The Labute approximate surface area is 520 Å². The van der Waals surface area contributed by atoms with Gasteiger partial charge in [-0.25, -0.2) is 34.3 Å². The van der Waals surface area contributed by atoms with Gasteiger partial charge < -0.3 is 58.8 Å². The number of amides is 5. The third-order valence-electron chi connectivity index (χ3n) is 17.4. The van der Waals surface area contributed by atoms with Gasteiger partial charge in [-0.15, -0.1) is 0 Å². The van der Waals surface area contributed by atoms with E-state index in [4.69, 9.17) is 24.5 Å². The molecule has 3 saturated heterocycles. The average Bonchev–Trinajstić information content (AvgIpc) is 1.67. The van der Waals surface area contributed by atoms with Crippen molar-refractivity contribution in [3.05, 3.63) is 83.7 Å². The maximum Gasteiger partial charge on any atom is 0.410 e. The van der Waals surface area contributed by atoms with Crippen LogP contribution in [0.15, 0.2) is 61.2 Å². The lowest BCUT2D eigenvalue weighted by Gasteiger charge is -2.35. The first kappa shape index (κ1) is 63.6. The first-order chi connectivity index (χ1) is 42.4. The molecule has 24 heteroatoms. The predicted molar refractivity (Wildman–Crippen MR) is 337 cm³/mol. The molecule has 24 nitrogen and oxygen atoms in total. The Morgan fingerprint density at radius 3 is 1.31 bits per heavy atom. The number of anilines is 4. The molecule has 6 aromatic rings. The molecule has 3 aliphatic carbocycles. The van der Waals surface area contributed by atoms with E-state index in [0.29, 0.717) is 59.6 Å². The molecule has 4 unspecified atom stereocenters. The van der Waals surface area contributed by atoms with Crippen LogP contribution in [-0.2, 0) is 9.47 Å². The van der Waals surface area contributed by atoms with Gasteiger partial charge in [-0.3, -0.25) is 14.4 Å². The molecular weight excluding hydrogens is 1130 g/mol. The van der Waals surface area contributed by atoms with E-state index >= 15 is 0 Å². The largest absolute Gasteiger partial charge is 0.478 e. The summed E-state index contributed by atoms with van der Waals surface area (Å²) in [6.45, 7) is 13.2. The number of aromatic nitrogens is 8. The molecule has 3 saturated carbocycles. The van der Waals surface area contributed by atoms with Crippen LogP contribution in [0, 0.1) is 5.92 Å². The van der Waals surface area contributed by atoms with E-state index in [2.05, 4.69) is 39.7 Å². The predicted octanol–water partition coefficient (Wildman–Crippen LogP) is 11.3. The summed E-state index contributed by atoms with van der Waals surface area (Å²) in [4.78, 5) is 110. The number of hydrogen-bond donors (Lipinski definition) is 3. The molecular formula is C65H87N15O9. The second-order valence-electron chi connectivity index (χ2n) is 27.0. The molecule has 0 radical (unpaired) electrons. The third kappa shape index (κ3) is 15.0. The molecule has 4 atom stereocenters. The minimum absolute atomic E-state index is 0.0353. The number of carbonyl (C=O) groups is 6. The number of piperazine rings is 1. The zero-order valence-corrected chi connectivity index (χ0v) is 53.2. The zero-order chi connectivity index (χ0) is 63.5. The van der Waals surface area contributed by atoms with Gasteiger partial charge in [0, 0.05) is 102 Å². The Bertz CT molecular complexity index is 3540. The van der Waals surface area contributed by atoms with Gasteiger partial charge in [-0.1, -0.05) is 51.4 Å². The van der Waals surface area contributed by atoms with Crippen molar-refractivity contribution in [3.8, 4) is 0 Å². The average molecular weight is 1220 g/mol. The number of piperidine rings is 1. The van der Waals surface area contributed by atoms with Crippen molar-refractivity contribution in [2.75, 3.05) is 58.5 Å². The maximum absolute atomic E-state index is 13.3. The van der Waals surface area contributed by atoms with Gasteiger partial charge in [0.25, 0.3) is 17.7 Å². The number of pyridine rings is 2. The number of rotatable bonds is 10. The van der Waals surface area contributed by atoms with Gasteiger partial charge in [-0.05, 0) is 135 Å². The number of ether oxygens (including phenoxy) is 2. The highest BCUT2D eigenvalue weighted by atomic mass is 16.6. The maximum atomic E-state index is 13.3. The fraction of sp³-hybridized carbons (Fsp3) is 0.569. The number of aromatic carboxylic acids is 1. The van der Waals surface area contributed by atoms with Gasteiger partial charge in [0.1, 0.15) is 45.5 Å². The summed E-state index contributed by atoms with van der Waals surface area (Å²) < 4.78 is 15.1. The lowest BCUT2D eigenvalue weighted by atomic mass is 10.1. The van der Waals surface area contributed by atoms with Crippen LogP contribution < -0.4 is 10.6 Å². The summed E-state index contributed by atoms with van der Waals surface area (Å²) in [7, 11) is 7.04. The number of carbonyl (C=O) groups excluding carboxylic acids is 5. The lowest BCUT2D eigenvalue weighted by molar-refractivity contribution is 0.0125. The van der Waals surface area contributed by atoms with Gasteiger partial charge >= 0.3 is 18.2 Å². The topological polar surface area (TPSA) is 269 Å². The lowest BCUT2D eigenvalue weighted by Crippen LogP contribution is -2.51. The first-order valence-electron chi connectivity index (χ1n) is 31.6.